The van der Waals surface area contributed by atoms with Gasteiger partial charge in [0.2, 0.25) is 0 Å². The summed E-state index contributed by atoms with van der Waals surface area (Å²) in [4.78, 5) is 12.3. The Morgan fingerprint density at radius 3 is 1.62 bits per heavy atom. The first-order valence-corrected chi connectivity index (χ1v) is 13.2. The van der Waals surface area contributed by atoms with Gasteiger partial charge in [-0.2, -0.15) is 0 Å². The standard InChI is InChI=1S/C30H44O2/c1-2-3-4-5-6-7-8-9-10-11-12-13-14-15-19-26-30(31)32-29-25-21-20-24-28(29)27-22-17-16-18-23-27/h16-18,20-25H,2-15,19,26H2,1H3. The lowest BCUT2D eigenvalue weighted by atomic mass is 10.0. The number of ether oxygens (including phenoxy) is 1. The SMILES string of the molecule is CCCCCCCCCCCCCCCCCC(=O)Oc1ccccc1-c1ccccc1. The number of carbonyl (C=O) groups is 1. The van der Waals surface area contributed by atoms with Gasteiger partial charge >= 0.3 is 5.97 Å². The second-order valence-electron chi connectivity index (χ2n) is 9.04. The van der Waals surface area contributed by atoms with E-state index in [0.717, 1.165) is 24.0 Å². The van der Waals surface area contributed by atoms with Gasteiger partial charge in [0.25, 0.3) is 0 Å². The molecule has 0 amide bonds. The van der Waals surface area contributed by atoms with Crippen LogP contribution in [-0.4, -0.2) is 5.97 Å². The number of carbonyl (C=O) groups excluding carboxylic acids is 1. The van der Waals surface area contributed by atoms with Crippen LogP contribution in [-0.2, 0) is 4.79 Å². The van der Waals surface area contributed by atoms with Gasteiger partial charge in [-0.3, -0.25) is 4.79 Å². The van der Waals surface area contributed by atoms with Gasteiger partial charge in [0.05, 0.1) is 0 Å². The summed E-state index contributed by atoms with van der Waals surface area (Å²) in [5.41, 5.74) is 2.04. The van der Waals surface area contributed by atoms with Gasteiger partial charge in [-0.05, 0) is 18.1 Å². The maximum Gasteiger partial charge on any atom is 0.311 e. The Hall–Kier alpha value is -2.09. The van der Waals surface area contributed by atoms with Crippen molar-refractivity contribution in [2.75, 3.05) is 0 Å². The van der Waals surface area contributed by atoms with Crippen LogP contribution in [0.2, 0.25) is 0 Å². The zero-order valence-electron chi connectivity index (χ0n) is 20.3. The van der Waals surface area contributed by atoms with Crippen molar-refractivity contribution < 1.29 is 9.53 Å². The highest BCUT2D eigenvalue weighted by Gasteiger charge is 2.10. The molecular weight excluding hydrogens is 392 g/mol. The highest BCUT2D eigenvalue weighted by Crippen LogP contribution is 2.29. The van der Waals surface area contributed by atoms with Crippen molar-refractivity contribution in [3.8, 4) is 16.9 Å². The van der Waals surface area contributed by atoms with Crippen LogP contribution in [0.3, 0.4) is 0 Å². The van der Waals surface area contributed by atoms with E-state index in [-0.39, 0.29) is 5.97 Å². The third-order valence-corrected chi connectivity index (χ3v) is 6.18. The summed E-state index contributed by atoms with van der Waals surface area (Å²) in [5.74, 6) is 0.535. The van der Waals surface area contributed by atoms with Gasteiger partial charge < -0.3 is 4.74 Å². The molecule has 0 atom stereocenters. The summed E-state index contributed by atoms with van der Waals surface area (Å²) in [6, 6.07) is 17.9. The minimum absolute atomic E-state index is 0.122. The van der Waals surface area contributed by atoms with E-state index in [1.807, 2.05) is 54.6 Å². The van der Waals surface area contributed by atoms with Crippen molar-refractivity contribution in [3.05, 3.63) is 54.6 Å². The molecule has 32 heavy (non-hydrogen) atoms. The summed E-state index contributed by atoms with van der Waals surface area (Å²) in [6.45, 7) is 2.28. The molecule has 0 saturated heterocycles. The van der Waals surface area contributed by atoms with Crippen molar-refractivity contribution in [2.24, 2.45) is 0 Å². The van der Waals surface area contributed by atoms with Gasteiger partial charge in [0.1, 0.15) is 5.75 Å². The topological polar surface area (TPSA) is 26.3 Å². The first-order valence-electron chi connectivity index (χ1n) is 13.2. The Bertz CT molecular complexity index is 723. The van der Waals surface area contributed by atoms with Crippen LogP contribution in [0.4, 0.5) is 0 Å². The van der Waals surface area contributed by atoms with Crippen molar-refractivity contribution in [2.45, 2.75) is 110 Å². The molecule has 0 aliphatic heterocycles. The van der Waals surface area contributed by atoms with E-state index in [4.69, 9.17) is 4.74 Å². The smallest absolute Gasteiger partial charge is 0.311 e. The predicted octanol–water partition coefficient (Wildman–Crippen LogP) is 9.52. The molecule has 0 fully saturated rings. The molecular formula is C30H44O2. The maximum absolute atomic E-state index is 12.3. The van der Waals surface area contributed by atoms with Crippen LogP contribution in [0.5, 0.6) is 5.75 Å². The van der Waals surface area contributed by atoms with Crippen molar-refractivity contribution >= 4 is 5.97 Å². The zero-order chi connectivity index (χ0) is 22.7. The first-order chi connectivity index (χ1) is 15.8. The number of unbranched alkanes of at least 4 members (excludes halogenated alkanes) is 14. The van der Waals surface area contributed by atoms with Crippen LogP contribution in [0, 0.1) is 0 Å². The highest BCUT2D eigenvalue weighted by atomic mass is 16.5. The van der Waals surface area contributed by atoms with E-state index in [1.165, 1.54) is 83.5 Å². The molecule has 0 saturated carbocycles. The third-order valence-electron chi connectivity index (χ3n) is 6.18. The van der Waals surface area contributed by atoms with E-state index < -0.39 is 0 Å². The fourth-order valence-corrected chi connectivity index (χ4v) is 4.23. The molecule has 2 aromatic carbocycles. The molecule has 0 aliphatic rings. The first kappa shape index (κ1) is 26.2. The summed E-state index contributed by atoms with van der Waals surface area (Å²) in [5, 5.41) is 0. The summed E-state index contributed by atoms with van der Waals surface area (Å²) in [6.07, 6.45) is 20.4. The largest absolute Gasteiger partial charge is 0.426 e. The minimum Gasteiger partial charge on any atom is -0.426 e. The summed E-state index contributed by atoms with van der Waals surface area (Å²) in [7, 11) is 0. The van der Waals surface area contributed by atoms with Gasteiger partial charge in [-0.15, -0.1) is 0 Å². The molecule has 0 aromatic heterocycles. The van der Waals surface area contributed by atoms with Crippen molar-refractivity contribution in [3.63, 3.8) is 0 Å². The Morgan fingerprint density at radius 2 is 1.06 bits per heavy atom. The number of hydrogen-bond donors (Lipinski definition) is 0. The fraction of sp³-hybridized carbons (Fsp3) is 0.567. The number of esters is 1. The van der Waals surface area contributed by atoms with Gasteiger partial charge in [0, 0.05) is 12.0 Å². The van der Waals surface area contributed by atoms with E-state index in [2.05, 4.69) is 6.92 Å². The second-order valence-corrected chi connectivity index (χ2v) is 9.04. The predicted molar refractivity (Wildman–Crippen MR) is 137 cm³/mol. The minimum atomic E-state index is -0.122. The van der Waals surface area contributed by atoms with Crippen LogP contribution in [0.25, 0.3) is 11.1 Å². The molecule has 0 radical (unpaired) electrons. The van der Waals surface area contributed by atoms with E-state index in [1.54, 1.807) is 0 Å². The van der Waals surface area contributed by atoms with Crippen LogP contribution in [0.15, 0.2) is 54.6 Å². The molecule has 176 valence electrons. The number of para-hydroxylation sites is 1. The lowest BCUT2D eigenvalue weighted by Gasteiger charge is -2.10. The molecule has 0 N–H and O–H groups in total. The monoisotopic (exact) mass is 436 g/mol. The highest BCUT2D eigenvalue weighted by molar-refractivity contribution is 5.77. The fourth-order valence-electron chi connectivity index (χ4n) is 4.23. The Morgan fingerprint density at radius 1 is 0.594 bits per heavy atom. The second kappa shape index (κ2) is 17.5. The number of rotatable bonds is 18. The van der Waals surface area contributed by atoms with Crippen molar-refractivity contribution in [1.29, 1.82) is 0 Å². The zero-order valence-corrected chi connectivity index (χ0v) is 20.3. The molecule has 2 nitrogen and oxygen atoms in total. The Kier molecular flexibility index (Phi) is 14.3. The summed E-state index contributed by atoms with van der Waals surface area (Å²) < 4.78 is 5.68. The molecule has 0 unspecified atom stereocenters. The molecule has 0 heterocycles. The molecule has 0 spiro atoms. The third kappa shape index (κ3) is 11.5. The average molecular weight is 437 g/mol. The van der Waals surface area contributed by atoms with Gasteiger partial charge in [-0.25, -0.2) is 0 Å². The normalized spacial score (nSPS) is 10.9. The number of benzene rings is 2. The number of hydrogen-bond acceptors (Lipinski definition) is 2. The lowest BCUT2D eigenvalue weighted by Crippen LogP contribution is -2.08. The molecule has 2 aromatic rings. The lowest BCUT2D eigenvalue weighted by molar-refractivity contribution is -0.134. The van der Waals surface area contributed by atoms with E-state index in [9.17, 15) is 4.79 Å². The Labute approximate surface area is 196 Å². The van der Waals surface area contributed by atoms with E-state index >= 15 is 0 Å². The average Bonchev–Trinajstić information content (AvgIpc) is 2.82. The van der Waals surface area contributed by atoms with Crippen LogP contribution < -0.4 is 4.74 Å². The van der Waals surface area contributed by atoms with Gasteiger partial charge in [-0.1, -0.05) is 145 Å². The van der Waals surface area contributed by atoms with Crippen molar-refractivity contribution in [1.82, 2.24) is 0 Å². The Balaban J connectivity index is 1.47. The van der Waals surface area contributed by atoms with Crippen LogP contribution >= 0.6 is 0 Å². The van der Waals surface area contributed by atoms with E-state index in [0.29, 0.717) is 12.2 Å². The quantitative estimate of drug-likeness (QED) is 0.132. The molecule has 2 heteroatoms. The summed E-state index contributed by atoms with van der Waals surface area (Å²) >= 11 is 0. The van der Waals surface area contributed by atoms with Gasteiger partial charge in [0.15, 0.2) is 0 Å². The molecule has 0 bridgehead atoms. The molecule has 0 aliphatic carbocycles. The molecule has 2 rings (SSSR count). The maximum atomic E-state index is 12.3. The van der Waals surface area contributed by atoms with Crippen LogP contribution in [0.1, 0.15) is 110 Å².